The average molecular weight is 247 g/mol. The zero-order chi connectivity index (χ0) is 12.3. The molecule has 0 N–H and O–H groups in total. The fourth-order valence-electron chi connectivity index (χ4n) is 1.42. The summed E-state index contributed by atoms with van der Waals surface area (Å²) >= 11 is 5.85. The van der Waals surface area contributed by atoms with Crippen LogP contribution < -0.4 is 4.74 Å². The SMILES string of the molecule is CC(=O)c1ccc(Oc2cccc(Cl)c2)cc1. The number of ether oxygens (including phenoxy) is 1. The van der Waals surface area contributed by atoms with Crippen molar-refractivity contribution in [2.75, 3.05) is 0 Å². The number of halogens is 1. The van der Waals surface area contributed by atoms with E-state index in [0.717, 1.165) is 0 Å². The summed E-state index contributed by atoms with van der Waals surface area (Å²) in [6.07, 6.45) is 0. The van der Waals surface area contributed by atoms with Crippen molar-refractivity contribution in [3.8, 4) is 11.5 Å². The first kappa shape index (κ1) is 11.7. The molecule has 2 nitrogen and oxygen atoms in total. The molecule has 0 amide bonds. The van der Waals surface area contributed by atoms with Gasteiger partial charge >= 0.3 is 0 Å². The predicted molar refractivity (Wildman–Crippen MR) is 68.0 cm³/mol. The molecule has 0 heterocycles. The van der Waals surface area contributed by atoms with E-state index in [2.05, 4.69) is 0 Å². The van der Waals surface area contributed by atoms with Gasteiger partial charge in [0.2, 0.25) is 0 Å². The Kier molecular flexibility index (Phi) is 3.45. The lowest BCUT2D eigenvalue weighted by Gasteiger charge is -2.06. The number of Topliss-reactive ketones (excluding diaryl/α,β-unsaturated/α-hetero) is 1. The van der Waals surface area contributed by atoms with Gasteiger partial charge in [-0.15, -0.1) is 0 Å². The molecule has 0 radical (unpaired) electrons. The molecule has 0 aromatic heterocycles. The molecule has 2 rings (SSSR count). The largest absolute Gasteiger partial charge is 0.457 e. The highest BCUT2D eigenvalue weighted by atomic mass is 35.5. The molecule has 0 saturated heterocycles. The third-order valence-corrected chi connectivity index (χ3v) is 2.53. The van der Waals surface area contributed by atoms with E-state index in [1.54, 1.807) is 36.4 Å². The normalized spacial score (nSPS) is 10.0. The lowest BCUT2D eigenvalue weighted by atomic mass is 10.1. The number of hydrogen-bond donors (Lipinski definition) is 0. The van der Waals surface area contributed by atoms with Crippen LogP contribution in [0, 0.1) is 0 Å². The molecule has 17 heavy (non-hydrogen) atoms. The van der Waals surface area contributed by atoms with Gasteiger partial charge in [-0.05, 0) is 49.4 Å². The molecule has 2 aromatic carbocycles. The summed E-state index contributed by atoms with van der Waals surface area (Å²) in [5, 5.41) is 0.628. The van der Waals surface area contributed by atoms with Gasteiger partial charge in [0.05, 0.1) is 0 Å². The first-order valence-electron chi connectivity index (χ1n) is 5.19. The van der Waals surface area contributed by atoms with Crippen LogP contribution in [0.5, 0.6) is 11.5 Å². The minimum absolute atomic E-state index is 0.0410. The minimum atomic E-state index is 0.0410. The lowest BCUT2D eigenvalue weighted by Crippen LogP contribution is -1.91. The van der Waals surface area contributed by atoms with Gasteiger partial charge in [0.15, 0.2) is 5.78 Å². The lowest BCUT2D eigenvalue weighted by molar-refractivity contribution is 0.101. The Bertz CT molecular complexity index is 532. The van der Waals surface area contributed by atoms with Gasteiger partial charge in [-0.25, -0.2) is 0 Å². The van der Waals surface area contributed by atoms with Crippen LogP contribution in [0.1, 0.15) is 17.3 Å². The maximum atomic E-state index is 11.1. The van der Waals surface area contributed by atoms with Gasteiger partial charge in [-0.2, -0.15) is 0 Å². The van der Waals surface area contributed by atoms with Gasteiger partial charge in [-0.1, -0.05) is 17.7 Å². The Labute approximate surface area is 105 Å². The van der Waals surface area contributed by atoms with Crippen molar-refractivity contribution in [1.29, 1.82) is 0 Å². The summed E-state index contributed by atoms with van der Waals surface area (Å²) in [6.45, 7) is 1.53. The van der Waals surface area contributed by atoms with Crippen molar-refractivity contribution in [1.82, 2.24) is 0 Å². The predicted octanol–water partition coefficient (Wildman–Crippen LogP) is 4.33. The van der Waals surface area contributed by atoms with Gasteiger partial charge in [0.25, 0.3) is 0 Å². The molecule has 0 aliphatic carbocycles. The van der Waals surface area contributed by atoms with Crippen LogP contribution in [0.2, 0.25) is 5.02 Å². The van der Waals surface area contributed by atoms with Crippen molar-refractivity contribution < 1.29 is 9.53 Å². The Morgan fingerprint density at radius 2 is 1.76 bits per heavy atom. The second-order valence-corrected chi connectivity index (χ2v) is 4.08. The van der Waals surface area contributed by atoms with E-state index in [9.17, 15) is 4.79 Å². The molecule has 0 saturated carbocycles. The first-order chi connectivity index (χ1) is 8.15. The molecule has 0 fully saturated rings. The Morgan fingerprint density at radius 3 is 2.35 bits per heavy atom. The van der Waals surface area contributed by atoms with Crippen LogP contribution in [0.25, 0.3) is 0 Å². The second-order valence-electron chi connectivity index (χ2n) is 3.64. The van der Waals surface area contributed by atoms with E-state index in [1.165, 1.54) is 6.92 Å². The van der Waals surface area contributed by atoms with Crippen LogP contribution >= 0.6 is 11.6 Å². The maximum Gasteiger partial charge on any atom is 0.159 e. The summed E-state index contributed by atoms with van der Waals surface area (Å²) in [6, 6.07) is 14.2. The van der Waals surface area contributed by atoms with Crippen molar-refractivity contribution in [3.63, 3.8) is 0 Å². The second kappa shape index (κ2) is 5.02. The van der Waals surface area contributed by atoms with E-state index in [1.807, 2.05) is 12.1 Å². The zero-order valence-corrected chi connectivity index (χ0v) is 10.1. The maximum absolute atomic E-state index is 11.1. The molecule has 86 valence electrons. The van der Waals surface area contributed by atoms with E-state index in [0.29, 0.717) is 22.1 Å². The summed E-state index contributed by atoms with van der Waals surface area (Å²) in [4.78, 5) is 11.1. The molecular formula is C14H11ClO2. The van der Waals surface area contributed by atoms with Crippen molar-refractivity contribution in [2.24, 2.45) is 0 Å². The van der Waals surface area contributed by atoms with Crippen LogP contribution in [0.4, 0.5) is 0 Å². The van der Waals surface area contributed by atoms with Crippen LogP contribution in [0.3, 0.4) is 0 Å². The smallest absolute Gasteiger partial charge is 0.159 e. The van der Waals surface area contributed by atoms with Crippen molar-refractivity contribution in [2.45, 2.75) is 6.92 Å². The summed E-state index contributed by atoms with van der Waals surface area (Å²) < 4.78 is 5.60. The number of benzene rings is 2. The van der Waals surface area contributed by atoms with Gasteiger partial charge in [-0.3, -0.25) is 4.79 Å². The fraction of sp³-hybridized carbons (Fsp3) is 0.0714. The summed E-state index contributed by atoms with van der Waals surface area (Å²) in [7, 11) is 0. The molecule has 0 atom stereocenters. The van der Waals surface area contributed by atoms with Crippen LogP contribution in [0.15, 0.2) is 48.5 Å². The number of rotatable bonds is 3. The highest BCUT2D eigenvalue weighted by Gasteiger charge is 2.01. The monoisotopic (exact) mass is 246 g/mol. The highest BCUT2D eigenvalue weighted by Crippen LogP contribution is 2.24. The molecule has 0 unspecified atom stereocenters. The Balaban J connectivity index is 2.16. The zero-order valence-electron chi connectivity index (χ0n) is 9.31. The average Bonchev–Trinajstić information content (AvgIpc) is 2.29. The number of hydrogen-bond acceptors (Lipinski definition) is 2. The molecule has 0 spiro atoms. The summed E-state index contributed by atoms with van der Waals surface area (Å²) in [5.41, 5.74) is 0.670. The van der Waals surface area contributed by atoms with Crippen LogP contribution in [-0.4, -0.2) is 5.78 Å². The van der Waals surface area contributed by atoms with Gasteiger partial charge in [0, 0.05) is 10.6 Å². The van der Waals surface area contributed by atoms with Gasteiger partial charge < -0.3 is 4.74 Å². The molecule has 2 aromatic rings. The molecule has 3 heteroatoms. The van der Waals surface area contributed by atoms with E-state index < -0.39 is 0 Å². The van der Waals surface area contributed by atoms with E-state index in [4.69, 9.17) is 16.3 Å². The van der Waals surface area contributed by atoms with E-state index in [-0.39, 0.29) is 5.78 Å². The number of ketones is 1. The Morgan fingerprint density at radius 1 is 1.06 bits per heavy atom. The standard InChI is InChI=1S/C14H11ClO2/c1-10(16)11-5-7-13(8-6-11)17-14-4-2-3-12(15)9-14/h2-9H,1H3. The molecular weight excluding hydrogens is 236 g/mol. The molecule has 0 bridgehead atoms. The topological polar surface area (TPSA) is 26.3 Å². The first-order valence-corrected chi connectivity index (χ1v) is 5.57. The third kappa shape index (κ3) is 3.08. The van der Waals surface area contributed by atoms with Gasteiger partial charge in [0.1, 0.15) is 11.5 Å². The van der Waals surface area contributed by atoms with Crippen molar-refractivity contribution in [3.05, 3.63) is 59.1 Å². The molecule has 0 aliphatic rings. The third-order valence-electron chi connectivity index (χ3n) is 2.29. The number of carbonyl (C=O) groups is 1. The molecule has 0 aliphatic heterocycles. The minimum Gasteiger partial charge on any atom is -0.457 e. The van der Waals surface area contributed by atoms with Crippen molar-refractivity contribution >= 4 is 17.4 Å². The fourth-order valence-corrected chi connectivity index (χ4v) is 1.60. The van der Waals surface area contributed by atoms with Crippen LogP contribution in [-0.2, 0) is 0 Å². The summed E-state index contributed by atoms with van der Waals surface area (Å²) in [5.74, 6) is 1.39. The number of carbonyl (C=O) groups excluding carboxylic acids is 1. The quantitative estimate of drug-likeness (QED) is 0.754. The van der Waals surface area contributed by atoms with E-state index >= 15 is 0 Å². The Hall–Kier alpha value is -1.80. The highest BCUT2D eigenvalue weighted by molar-refractivity contribution is 6.30.